The first kappa shape index (κ1) is 19.1. The zero-order valence-electron chi connectivity index (χ0n) is 13.7. The van der Waals surface area contributed by atoms with Gasteiger partial charge in [0.25, 0.3) is 5.91 Å². The predicted molar refractivity (Wildman–Crippen MR) is 92.0 cm³/mol. The molecule has 0 aliphatic rings. The average Bonchev–Trinajstić information content (AvgIpc) is 2.94. The van der Waals surface area contributed by atoms with Crippen molar-refractivity contribution in [1.82, 2.24) is 5.16 Å². The van der Waals surface area contributed by atoms with E-state index in [0.29, 0.717) is 10.8 Å². The Hall–Kier alpha value is -2.25. The third kappa shape index (κ3) is 5.37. The molecule has 0 bridgehead atoms. The first-order valence-corrected chi connectivity index (χ1v) is 8.08. The fourth-order valence-electron chi connectivity index (χ4n) is 1.79. The minimum Gasteiger partial charge on any atom is -0.477 e. The van der Waals surface area contributed by atoms with Crippen LogP contribution in [0.1, 0.15) is 19.6 Å². The van der Waals surface area contributed by atoms with Gasteiger partial charge in [-0.1, -0.05) is 28.4 Å². The topological polar surface area (TPSA) is 90.7 Å². The number of aromatic nitrogens is 1. The molecular weight excluding hydrogens is 371 g/mol. The lowest BCUT2D eigenvalue weighted by Gasteiger charge is -2.18. The molecule has 0 saturated carbocycles. The smallest absolute Gasteiger partial charge is 0.347 e. The highest BCUT2D eigenvalue weighted by Crippen LogP contribution is 2.28. The molecule has 1 heterocycles. The Balaban J connectivity index is 1.89. The van der Waals surface area contributed by atoms with E-state index in [0.717, 1.165) is 0 Å². The number of amides is 1. The first-order valence-electron chi connectivity index (χ1n) is 7.32. The second kappa shape index (κ2) is 8.22. The standard InChI is InChI=1S/C16H16Cl2N2O5/c1-8-6-14(20-25-8)19-15(21)9(2)24-16(22)10(3)23-13-5-4-11(17)7-12(13)18/h4-7,9-10H,1-3H3,(H,19,20,21)/t9-,10+/m0/s1. The van der Waals surface area contributed by atoms with Gasteiger partial charge in [-0.05, 0) is 39.0 Å². The van der Waals surface area contributed by atoms with Crippen molar-refractivity contribution in [3.05, 3.63) is 40.1 Å². The lowest BCUT2D eigenvalue weighted by Crippen LogP contribution is -2.35. The van der Waals surface area contributed by atoms with Crippen molar-refractivity contribution in [3.8, 4) is 5.75 Å². The van der Waals surface area contributed by atoms with Crippen molar-refractivity contribution in [3.63, 3.8) is 0 Å². The number of benzene rings is 1. The lowest BCUT2D eigenvalue weighted by atomic mass is 10.3. The van der Waals surface area contributed by atoms with E-state index in [-0.39, 0.29) is 16.6 Å². The molecule has 0 unspecified atom stereocenters. The molecule has 0 aliphatic carbocycles. The van der Waals surface area contributed by atoms with E-state index in [2.05, 4.69) is 10.5 Å². The molecule has 1 aromatic heterocycles. The van der Waals surface area contributed by atoms with Crippen LogP contribution in [0, 0.1) is 6.92 Å². The molecule has 1 N–H and O–H groups in total. The van der Waals surface area contributed by atoms with Crippen LogP contribution in [-0.4, -0.2) is 29.2 Å². The molecule has 0 saturated heterocycles. The maximum atomic E-state index is 12.1. The van der Waals surface area contributed by atoms with Crippen molar-refractivity contribution in [2.45, 2.75) is 33.0 Å². The van der Waals surface area contributed by atoms with Gasteiger partial charge < -0.3 is 19.3 Å². The van der Waals surface area contributed by atoms with Gasteiger partial charge in [-0.2, -0.15) is 0 Å². The largest absolute Gasteiger partial charge is 0.477 e. The van der Waals surface area contributed by atoms with Crippen molar-refractivity contribution in [2.24, 2.45) is 0 Å². The van der Waals surface area contributed by atoms with Gasteiger partial charge in [0.05, 0.1) is 5.02 Å². The number of halogens is 2. The summed E-state index contributed by atoms with van der Waals surface area (Å²) in [5.41, 5.74) is 0. The predicted octanol–water partition coefficient (Wildman–Crippen LogP) is 3.63. The molecule has 25 heavy (non-hydrogen) atoms. The van der Waals surface area contributed by atoms with Crippen LogP contribution in [0.2, 0.25) is 10.0 Å². The minimum absolute atomic E-state index is 0.239. The molecule has 9 heteroatoms. The van der Waals surface area contributed by atoms with E-state index in [1.165, 1.54) is 26.0 Å². The summed E-state index contributed by atoms with van der Waals surface area (Å²) in [7, 11) is 0. The summed E-state index contributed by atoms with van der Waals surface area (Å²) in [6.45, 7) is 4.61. The fourth-order valence-corrected chi connectivity index (χ4v) is 2.24. The Morgan fingerprint density at radius 3 is 2.52 bits per heavy atom. The molecule has 2 aromatic rings. The second-order valence-corrected chi connectivity index (χ2v) is 6.07. The number of rotatable bonds is 6. The maximum absolute atomic E-state index is 12.1. The van der Waals surface area contributed by atoms with Crippen LogP contribution in [0.25, 0.3) is 0 Å². The molecule has 1 amide bonds. The van der Waals surface area contributed by atoms with Gasteiger partial charge in [-0.3, -0.25) is 4.79 Å². The SMILES string of the molecule is Cc1cc(NC(=O)[C@H](C)OC(=O)[C@@H](C)Oc2ccc(Cl)cc2Cl)no1. The van der Waals surface area contributed by atoms with Crippen LogP contribution in [0.15, 0.2) is 28.8 Å². The quantitative estimate of drug-likeness (QED) is 0.762. The summed E-state index contributed by atoms with van der Waals surface area (Å²) in [5, 5.41) is 6.81. The molecule has 7 nitrogen and oxygen atoms in total. The van der Waals surface area contributed by atoms with Gasteiger partial charge in [0.2, 0.25) is 0 Å². The zero-order chi connectivity index (χ0) is 18.6. The van der Waals surface area contributed by atoms with Crippen LogP contribution >= 0.6 is 23.2 Å². The summed E-state index contributed by atoms with van der Waals surface area (Å²) in [4.78, 5) is 24.0. The third-order valence-corrected chi connectivity index (χ3v) is 3.60. The molecule has 2 atom stereocenters. The van der Waals surface area contributed by atoms with E-state index in [1.807, 2.05) is 0 Å². The summed E-state index contributed by atoms with van der Waals surface area (Å²) < 4.78 is 15.4. The maximum Gasteiger partial charge on any atom is 0.347 e. The van der Waals surface area contributed by atoms with Gasteiger partial charge in [0.15, 0.2) is 18.0 Å². The molecule has 0 aliphatic heterocycles. The number of nitrogens with zero attached hydrogens (tertiary/aromatic N) is 1. The van der Waals surface area contributed by atoms with Gasteiger partial charge in [0.1, 0.15) is 11.5 Å². The van der Waals surface area contributed by atoms with E-state index in [4.69, 9.17) is 37.2 Å². The van der Waals surface area contributed by atoms with Crippen LogP contribution in [0.5, 0.6) is 5.75 Å². The second-order valence-electron chi connectivity index (χ2n) is 5.23. The van der Waals surface area contributed by atoms with E-state index in [9.17, 15) is 9.59 Å². The summed E-state index contributed by atoms with van der Waals surface area (Å²) in [5.74, 6) is -0.196. The number of anilines is 1. The Kier molecular flexibility index (Phi) is 6.27. The highest BCUT2D eigenvalue weighted by molar-refractivity contribution is 6.35. The van der Waals surface area contributed by atoms with Gasteiger partial charge in [-0.15, -0.1) is 0 Å². The van der Waals surface area contributed by atoms with Crippen LogP contribution in [0.3, 0.4) is 0 Å². The highest BCUT2D eigenvalue weighted by atomic mass is 35.5. The average molecular weight is 387 g/mol. The number of ether oxygens (including phenoxy) is 2. The Labute approximate surface area is 154 Å². The molecule has 1 aromatic carbocycles. The van der Waals surface area contributed by atoms with Crippen molar-refractivity contribution in [2.75, 3.05) is 5.32 Å². The number of nitrogens with one attached hydrogen (secondary N) is 1. The highest BCUT2D eigenvalue weighted by Gasteiger charge is 2.24. The lowest BCUT2D eigenvalue weighted by molar-refractivity contribution is -0.159. The minimum atomic E-state index is -1.05. The van der Waals surface area contributed by atoms with Crippen LogP contribution in [0.4, 0.5) is 5.82 Å². The van der Waals surface area contributed by atoms with Crippen molar-refractivity contribution >= 4 is 40.9 Å². The fraction of sp³-hybridized carbons (Fsp3) is 0.312. The van der Waals surface area contributed by atoms with Crippen LogP contribution < -0.4 is 10.1 Å². The number of esters is 1. The van der Waals surface area contributed by atoms with Gasteiger partial charge >= 0.3 is 5.97 Å². The molecule has 0 spiro atoms. The van der Waals surface area contributed by atoms with E-state index < -0.39 is 24.1 Å². The van der Waals surface area contributed by atoms with Crippen molar-refractivity contribution in [1.29, 1.82) is 0 Å². The number of hydrogen-bond acceptors (Lipinski definition) is 6. The molecule has 0 fully saturated rings. The number of hydrogen-bond donors (Lipinski definition) is 1. The molecule has 134 valence electrons. The van der Waals surface area contributed by atoms with Crippen molar-refractivity contribution < 1.29 is 23.6 Å². The first-order chi connectivity index (χ1) is 11.8. The monoisotopic (exact) mass is 386 g/mol. The Morgan fingerprint density at radius 1 is 1.20 bits per heavy atom. The number of aryl methyl sites for hydroxylation is 1. The summed E-state index contributed by atoms with van der Waals surface area (Å²) in [6.07, 6.45) is -2.01. The zero-order valence-corrected chi connectivity index (χ0v) is 15.2. The number of carbonyl (C=O) groups is 2. The van der Waals surface area contributed by atoms with Gasteiger partial charge in [-0.25, -0.2) is 4.79 Å². The number of carbonyl (C=O) groups excluding carboxylic acids is 2. The molecule has 0 radical (unpaired) electrons. The Morgan fingerprint density at radius 2 is 1.92 bits per heavy atom. The normalized spacial score (nSPS) is 13.0. The van der Waals surface area contributed by atoms with Gasteiger partial charge in [0, 0.05) is 11.1 Å². The molecular formula is C16H16Cl2N2O5. The van der Waals surface area contributed by atoms with E-state index >= 15 is 0 Å². The summed E-state index contributed by atoms with van der Waals surface area (Å²) >= 11 is 11.8. The third-order valence-electron chi connectivity index (χ3n) is 3.07. The van der Waals surface area contributed by atoms with Crippen LogP contribution in [-0.2, 0) is 14.3 Å². The summed E-state index contributed by atoms with van der Waals surface area (Å²) in [6, 6.07) is 6.15. The molecule has 2 rings (SSSR count). The Bertz CT molecular complexity index is 778. The van der Waals surface area contributed by atoms with E-state index in [1.54, 1.807) is 19.1 Å².